The molecule has 1 amide bonds. The van der Waals surface area contributed by atoms with Gasteiger partial charge in [0.15, 0.2) is 0 Å². The van der Waals surface area contributed by atoms with Gasteiger partial charge in [-0.1, -0.05) is 41.9 Å². The summed E-state index contributed by atoms with van der Waals surface area (Å²) in [6.07, 6.45) is 0.823. The molecule has 2 aromatic carbocycles. The minimum absolute atomic E-state index is 0.0421. The lowest BCUT2D eigenvalue weighted by atomic mass is 10.1. The topological polar surface area (TPSA) is 38.3 Å². The van der Waals surface area contributed by atoms with Crippen LogP contribution in [0.1, 0.15) is 26.4 Å². The fourth-order valence-corrected chi connectivity index (χ4v) is 3.43. The van der Waals surface area contributed by atoms with Gasteiger partial charge in [0.25, 0.3) is 5.91 Å². The highest BCUT2D eigenvalue weighted by Gasteiger charge is 2.09. The van der Waals surface area contributed by atoms with Gasteiger partial charge in [0.1, 0.15) is 12.4 Å². The summed E-state index contributed by atoms with van der Waals surface area (Å²) in [5, 5.41) is 5.64. The highest BCUT2D eigenvalue weighted by atomic mass is 35.5. The summed E-state index contributed by atoms with van der Waals surface area (Å²) in [5.74, 6) is 0.728. The van der Waals surface area contributed by atoms with E-state index in [2.05, 4.69) is 17.4 Å². The molecule has 0 aliphatic heterocycles. The SMILES string of the molecule is Cc1cc(OCc2csc(C(=O)NCCc3ccccc3)c2)ccc1Cl. The zero-order chi connectivity index (χ0) is 18.4. The molecule has 0 spiro atoms. The van der Waals surface area contributed by atoms with Gasteiger partial charge in [-0.05, 0) is 54.1 Å². The third kappa shape index (κ3) is 5.10. The maximum atomic E-state index is 12.2. The van der Waals surface area contributed by atoms with Crippen molar-refractivity contribution in [2.24, 2.45) is 0 Å². The number of thiophene rings is 1. The fourth-order valence-electron chi connectivity index (χ4n) is 2.50. The van der Waals surface area contributed by atoms with Crippen LogP contribution in [-0.4, -0.2) is 12.5 Å². The van der Waals surface area contributed by atoms with Crippen LogP contribution in [0.4, 0.5) is 0 Å². The molecule has 0 saturated carbocycles. The van der Waals surface area contributed by atoms with Crippen molar-refractivity contribution < 1.29 is 9.53 Å². The van der Waals surface area contributed by atoms with E-state index in [1.54, 1.807) is 0 Å². The molecule has 3 aromatic rings. The van der Waals surface area contributed by atoms with Gasteiger partial charge in [-0.15, -0.1) is 11.3 Å². The van der Waals surface area contributed by atoms with Crippen LogP contribution in [0.25, 0.3) is 0 Å². The predicted octanol–water partition coefficient (Wildman–Crippen LogP) is 5.26. The van der Waals surface area contributed by atoms with Crippen LogP contribution < -0.4 is 10.1 Å². The van der Waals surface area contributed by atoms with Gasteiger partial charge in [-0.25, -0.2) is 0 Å². The molecule has 1 aromatic heterocycles. The number of benzene rings is 2. The first-order valence-corrected chi connectivity index (χ1v) is 9.66. The number of hydrogen-bond acceptors (Lipinski definition) is 3. The molecule has 3 nitrogen and oxygen atoms in total. The number of aryl methyl sites for hydroxylation is 1. The Hall–Kier alpha value is -2.30. The van der Waals surface area contributed by atoms with Crippen molar-refractivity contribution in [1.29, 1.82) is 0 Å². The number of nitrogens with one attached hydrogen (secondary N) is 1. The standard InChI is InChI=1S/C21H20ClNO2S/c1-15-11-18(7-8-19(15)22)25-13-17-12-20(26-14-17)21(24)23-10-9-16-5-3-2-4-6-16/h2-8,11-12,14H,9-10,13H2,1H3,(H,23,24). The molecule has 26 heavy (non-hydrogen) atoms. The molecule has 134 valence electrons. The molecule has 0 unspecified atom stereocenters. The summed E-state index contributed by atoms with van der Waals surface area (Å²) in [7, 11) is 0. The van der Waals surface area contributed by atoms with Gasteiger partial charge in [-0.2, -0.15) is 0 Å². The van der Waals surface area contributed by atoms with E-state index >= 15 is 0 Å². The van der Waals surface area contributed by atoms with Gasteiger partial charge in [0.2, 0.25) is 0 Å². The van der Waals surface area contributed by atoms with Crippen molar-refractivity contribution in [1.82, 2.24) is 5.32 Å². The van der Waals surface area contributed by atoms with Crippen LogP contribution in [0, 0.1) is 6.92 Å². The normalized spacial score (nSPS) is 10.5. The van der Waals surface area contributed by atoms with Gasteiger partial charge in [0.05, 0.1) is 4.88 Å². The zero-order valence-electron chi connectivity index (χ0n) is 14.5. The van der Waals surface area contributed by atoms with Gasteiger partial charge in [0, 0.05) is 17.1 Å². The number of hydrogen-bond donors (Lipinski definition) is 1. The van der Waals surface area contributed by atoms with E-state index in [0.29, 0.717) is 18.0 Å². The summed E-state index contributed by atoms with van der Waals surface area (Å²) in [6.45, 7) is 2.99. The Labute approximate surface area is 162 Å². The van der Waals surface area contributed by atoms with Gasteiger partial charge >= 0.3 is 0 Å². The van der Waals surface area contributed by atoms with Crippen molar-refractivity contribution >= 4 is 28.8 Å². The smallest absolute Gasteiger partial charge is 0.261 e. The first-order chi connectivity index (χ1) is 12.6. The molecular formula is C21H20ClNO2S. The second-order valence-corrected chi connectivity index (χ2v) is 7.33. The molecule has 0 bridgehead atoms. The first kappa shape index (κ1) is 18.5. The van der Waals surface area contributed by atoms with E-state index in [1.165, 1.54) is 16.9 Å². The Balaban J connectivity index is 1.48. The van der Waals surface area contributed by atoms with Crippen LogP contribution in [-0.2, 0) is 13.0 Å². The molecule has 0 saturated heterocycles. The lowest BCUT2D eigenvalue weighted by molar-refractivity contribution is 0.0958. The summed E-state index contributed by atoms with van der Waals surface area (Å²) in [4.78, 5) is 12.9. The highest BCUT2D eigenvalue weighted by molar-refractivity contribution is 7.12. The Bertz CT molecular complexity index is 877. The maximum Gasteiger partial charge on any atom is 0.261 e. The second-order valence-electron chi connectivity index (χ2n) is 6.01. The minimum atomic E-state index is -0.0421. The number of rotatable bonds is 7. The summed E-state index contributed by atoms with van der Waals surface area (Å²) >= 11 is 7.45. The van der Waals surface area contributed by atoms with E-state index in [1.807, 2.05) is 54.8 Å². The van der Waals surface area contributed by atoms with Gasteiger partial charge < -0.3 is 10.1 Å². The Morgan fingerprint density at radius 1 is 1.12 bits per heavy atom. The zero-order valence-corrected chi connectivity index (χ0v) is 16.1. The molecule has 0 fully saturated rings. The van der Waals surface area contributed by atoms with Crippen molar-refractivity contribution in [3.05, 3.63) is 86.6 Å². The monoisotopic (exact) mass is 385 g/mol. The molecule has 0 aliphatic carbocycles. The molecular weight excluding hydrogens is 366 g/mol. The summed E-state index contributed by atoms with van der Waals surface area (Å²) < 4.78 is 5.78. The number of carbonyl (C=O) groups excluding carboxylic acids is 1. The van der Waals surface area contributed by atoms with E-state index in [9.17, 15) is 4.79 Å². The lowest BCUT2D eigenvalue weighted by Crippen LogP contribution is -2.24. The minimum Gasteiger partial charge on any atom is -0.489 e. The molecule has 1 N–H and O–H groups in total. The third-order valence-corrected chi connectivity index (χ3v) is 5.36. The van der Waals surface area contributed by atoms with Crippen molar-refractivity contribution in [3.63, 3.8) is 0 Å². The summed E-state index contributed by atoms with van der Waals surface area (Å²) in [5.41, 5.74) is 3.18. The van der Waals surface area contributed by atoms with Gasteiger partial charge in [-0.3, -0.25) is 4.79 Å². The average Bonchev–Trinajstić information content (AvgIpc) is 3.13. The van der Waals surface area contributed by atoms with E-state index in [4.69, 9.17) is 16.3 Å². The number of amides is 1. The van der Waals surface area contributed by atoms with E-state index < -0.39 is 0 Å². The maximum absolute atomic E-state index is 12.2. The van der Waals surface area contributed by atoms with E-state index in [-0.39, 0.29) is 5.91 Å². The highest BCUT2D eigenvalue weighted by Crippen LogP contribution is 2.23. The predicted molar refractivity (Wildman–Crippen MR) is 107 cm³/mol. The van der Waals surface area contributed by atoms with Crippen LogP contribution in [0.2, 0.25) is 5.02 Å². The number of ether oxygens (including phenoxy) is 1. The van der Waals surface area contributed by atoms with Crippen molar-refractivity contribution in [3.8, 4) is 5.75 Å². The van der Waals surface area contributed by atoms with Crippen LogP contribution >= 0.6 is 22.9 Å². The fraction of sp³-hybridized carbons (Fsp3) is 0.190. The quantitative estimate of drug-likeness (QED) is 0.602. The average molecular weight is 386 g/mol. The summed E-state index contributed by atoms with van der Waals surface area (Å²) in [6, 6.07) is 17.6. The van der Waals surface area contributed by atoms with Crippen molar-refractivity contribution in [2.45, 2.75) is 20.0 Å². The molecule has 0 atom stereocenters. The molecule has 1 heterocycles. The molecule has 3 rings (SSSR count). The number of halogens is 1. The molecule has 0 radical (unpaired) electrons. The first-order valence-electron chi connectivity index (χ1n) is 8.40. The van der Waals surface area contributed by atoms with E-state index in [0.717, 1.165) is 28.3 Å². The van der Waals surface area contributed by atoms with Crippen LogP contribution in [0.3, 0.4) is 0 Å². The van der Waals surface area contributed by atoms with Crippen LogP contribution in [0.5, 0.6) is 5.75 Å². The lowest BCUT2D eigenvalue weighted by Gasteiger charge is -2.06. The number of carbonyl (C=O) groups is 1. The largest absolute Gasteiger partial charge is 0.489 e. The van der Waals surface area contributed by atoms with Crippen LogP contribution in [0.15, 0.2) is 60.0 Å². The molecule has 0 aliphatic rings. The molecule has 5 heteroatoms. The Morgan fingerprint density at radius 2 is 1.92 bits per heavy atom. The third-order valence-electron chi connectivity index (χ3n) is 3.95. The Morgan fingerprint density at radius 3 is 2.69 bits per heavy atom. The Kier molecular flexibility index (Phi) is 6.31. The van der Waals surface area contributed by atoms with Crippen molar-refractivity contribution in [2.75, 3.05) is 6.54 Å². The second kappa shape index (κ2) is 8.88.